The van der Waals surface area contributed by atoms with Crippen LogP contribution < -0.4 is 0 Å². The molecule has 0 radical (unpaired) electrons. The molecule has 1 aromatic heterocycles. The standard InChI is InChI=1S/C29H43N5O2/c1-4-5-6-7-8-9-10-11-12-14-29-30-17-20-34(29)19-13-18-33-23-26(22-32(3)36)27-16-15-25(21-31(2)35)28(27)24-33/h15-17,20-24H,4-14,18-19H2,1-3H3/b31-21-,32-22-. The first-order chi connectivity index (χ1) is 17.5. The molecule has 3 rings (SSSR count). The van der Waals surface area contributed by atoms with Crippen molar-refractivity contribution in [3.63, 3.8) is 0 Å². The molecular weight excluding hydrogens is 450 g/mol. The van der Waals surface area contributed by atoms with Crippen molar-refractivity contribution >= 4 is 12.4 Å². The van der Waals surface area contributed by atoms with E-state index in [4.69, 9.17) is 0 Å². The van der Waals surface area contributed by atoms with Gasteiger partial charge in [-0.3, -0.25) is 0 Å². The lowest BCUT2D eigenvalue weighted by Crippen LogP contribution is -2.10. The molecule has 0 bridgehead atoms. The number of aryl methyl sites for hydroxylation is 3. The second-order valence-electron chi connectivity index (χ2n) is 9.89. The fourth-order valence-corrected chi connectivity index (χ4v) is 4.88. The number of hydroxylamine groups is 2. The summed E-state index contributed by atoms with van der Waals surface area (Å²) in [7, 11) is 2.96. The first kappa shape index (κ1) is 27.5. The quantitative estimate of drug-likeness (QED) is 0.0799. The number of rotatable bonds is 16. The van der Waals surface area contributed by atoms with Crippen molar-refractivity contribution in [2.24, 2.45) is 0 Å². The minimum atomic E-state index is 0.809. The summed E-state index contributed by atoms with van der Waals surface area (Å²) in [5.41, 5.74) is 3.66. The topological polar surface area (TPSA) is 74.9 Å². The summed E-state index contributed by atoms with van der Waals surface area (Å²) in [6.45, 7) is 3.98. The Balaban J connectivity index is 1.53. The van der Waals surface area contributed by atoms with Crippen LogP contribution in [0.1, 0.15) is 88.1 Å². The lowest BCUT2D eigenvalue weighted by Gasteiger charge is -2.14. The average Bonchev–Trinajstić information content (AvgIpc) is 3.44. The molecule has 1 aromatic rings. The molecular formula is C29H43N5O2. The Morgan fingerprint density at radius 2 is 1.44 bits per heavy atom. The number of unbranched alkanes of at least 4 members (excludes halogenated alkanes) is 8. The molecule has 0 unspecified atom stereocenters. The molecule has 7 heteroatoms. The van der Waals surface area contributed by atoms with Gasteiger partial charge in [-0.1, -0.05) is 64.4 Å². The highest BCUT2D eigenvalue weighted by Crippen LogP contribution is 2.30. The van der Waals surface area contributed by atoms with Crippen LogP contribution in [-0.4, -0.2) is 50.1 Å². The van der Waals surface area contributed by atoms with E-state index in [-0.39, 0.29) is 0 Å². The van der Waals surface area contributed by atoms with Gasteiger partial charge in [0, 0.05) is 55.4 Å². The van der Waals surface area contributed by atoms with E-state index in [1.165, 1.54) is 77.7 Å². The maximum atomic E-state index is 11.7. The molecule has 0 spiro atoms. The van der Waals surface area contributed by atoms with Gasteiger partial charge in [0.15, 0.2) is 12.4 Å². The largest absolute Gasteiger partial charge is 0.624 e. The van der Waals surface area contributed by atoms with Crippen LogP contribution in [0.15, 0.2) is 36.9 Å². The second-order valence-corrected chi connectivity index (χ2v) is 9.89. The normalized spacial score (nSPS) is 12.6. The molecule has 196 valence electrons. The van der Waals surface area contributed by atoms with Crippen molar-refractivity contribution in [2.45, 2.75) is 90.6 Å². The Kier molecular flexibility index (Phi) is 11.0. The summed E-state index contributed by atoms with van der Waals surface area (Å²) >= 11 is 0. The van der Waals surface area contributed by atoms with E-state index in [9.17, 15) is 10.4 Å². The van der Waals surface area contributed by atoms with Crippen LogP contribution in [-0.2, 0) is 19.5 Å². The molecule has 0 aromatic carbocycles. The SMILES string of the molecule is CCCCCCCCCCCc1nccn1CCCn1cc(/C=[N+](/C)[O-])c2ccc(/C=[N+](/C)[O-])c-2c1. The minimum absolute atomic E-state index is 0.809. The highest BCUT2D eigenvalue weighted by atomic mass is 16.5. The van der Waals surface area contributed by atoms with Gasteiger partial charge in [-0.2, -0.15) is 0 Å². The summed E-state index contributed by atoms with van der Waals surface area (Å²) in [6, 6.07) is 3.89. The fraction of sp³-hybridized carbons (Fsp3) is 0.552. The number of nitrogens with zero attached hydrogens (tertiary/aromatic N) is 5. The predicted octanol–water partition coefficient (Wildman–Crippen LogP) is 6.07. The van der Waals surface area contributed by atoms with Crippen molar-refractivity contribution in [1.82, 2.24) is 14.1 Å². The summed E-state index contributed by atoms with van der Waals surface area (Å²) in [4.78, 5) is 4.60. The van der Waals surface area contributed by atoms with E-state index < -0.39 is 0 Å². The zero-order chi connectivity index (χ0) is 25.8. The molecule has 0 saturated carbocycles. The van der Waals surface area contributed by atoms with E-state index in [1.807, 2.05) is 24.5 Å². The average molecular weight is 494 g/mol. The van der Waals surface area contributed by atoms with Crippen LogP contribution in [0.4, 0.5) is 0 Å². The van der Waals surface area contributed by atoms with Crippen molar-refractivity contribution in [2.75, 3.05) is 14.1 Å². The third-order valence-corrected chi connectivity index (χ3v) is 6.70. The molecule has 1 aliphatic carbocycles. The zero-order valence-corrected chi connectivity index (χ0v) is 22.4. The van der Waals surface area contributed by atoms with Gasteiger partial charge in [0.05, 0.1) is 5.56 Å². The Morgan fingerprint density at radius 1 is 0.778 bits per heavy atom. The fourth-order valence-electron chi connectivity index (χ4n) is 4.88. The molecule has 1 aliphatic heterocycles. The summed E-state index contributed by atoms with van der Waals surface area (Å²) in [5, 5.41) is 23.3. The number of imidazole rings is 1. The first-order valence-electron chi connectivity index (χ1n) is 13.6. The monoisotopic (exact) mass is 493 g/mol. The van der Waals surface area contributed by atoms with E-state index in [0.717, 1.165) is 57.7 Å². The van der Waals surface area contributed by atoms with Gasteiger partial charge in [0.1, 0.15) is 19.9 Å². The van der Waals surface area contributed by atoms with Crippen LogP contribution in [0, 0.1) is 10.4 Å². The molecule has 0 saturated heterocycles. The van der Waals surface area contributed by atoms with Gasteiger partial charge in [-0.05, 0) is 24.5 Å². The Labute approximate surface area is 216 Å². The zero-order valence-electron chi connectivity index (χ0n) is 22.4. The smallest absolute Gasteiger partial charge is 0.183 e. The number of fused-ring (bicyclic) bond motifs is 1. The van der Waals surface area contributed by atoms with Crippen molar-refractivity contribution < 1.29 is 9.48 Å². The number of hydrogen-bond acceptors (Lipinski definition) is 3. The van der Waals surface area contributed by atoms with Crippen LogP contribution in [0.2, 0.25) is 0 Å². The van der Waals surface area contributed by atoms with Gasteiger partial charge in [0.25, 0.3) is 0 Å². The lowest BCUT2D eigenvalue weighted by atomic mass is 10.0. The summed E-state index contributed by atoms with van der Waals surface area (Å²) in [5.74, 6) is 1.17. The van der Waals surface area contributed by atoms with Gasteiger partial charge in [-0.25, -0.2) is 14.5 Å². The van der Waals surface area contributed by atoms with Crippen molar-refractivity contribution in [3.8, 4) is 11.1 Å². The Morgan fingerprint density at radius 3 is 2.14 bits per heavy atom. The Hall–Kier alpha value is -3.09. The lowest BCUT2D eigenvalue weighted by molar-refractivity contribution is -0.416. The van der Waals surface area contributed by atoms with Crippen LogP contribution >= 0.6 is 0 Å². The third kappa shape index (κ3) is 8.54. The van der Waals surface area contributed by atoms with Crippen molar-refractivity contribution in [3.05, 3.63) is 64.3 Å². The van der Waals surface area contributed by atoms with Gasteiger partial charge in [0.2, 0.25) is 0 Å². The van der Waals surface area contributed by atoms with Crippen LogP contribution in [0.25, 0.3) is 11.1 Å². The molecule has 36 heavy (non-hydrogen) atoms. The third-order valence-electron chi connectivity index (χ3n) is 6.70. The molecule has 0 fully saturated rings. The molecule has 7 nitrogen and oxygen atoms in total. The second kappa shape index (κ2) is 14.5. The number of hydrogen-bond donors (Lipinski definition) is 0. The van der Waals surface area contributed by atoms with Gasteiger partial charge >= 0.3 is 0 Å². The predicted molar refractivity (Wildman–Crippen MR) is 148 cm³/mol. The number of aromatic nitrogens is 3. The van der Waals surface area contributed by atoms with E-state index >= 15 is 0 Å². The van der Waals surface area contributed by atoms with Crippen LogP contribution in [0.3, 0.4) is 0 Å². The molecule has 2 aliphatic rings. The van der Waals surface area contributed by atoms with Gasteiger partial charge < -0.3 is 19.5 Å². The highest BCUT2D eigenvalue weighted by Gasteiger charge is 2.16. The molecule has 0 atom stereocenters. The molecule has 0 N–H and O–H groups in total. The maximum absolute atomic E-state index is 11.7. The van der Waals surface area contributed by atoms with E-state index in [0.29, 0.717) is 0 Å². The number of pyridine rings is 1. The summed E-state index contributed by atoms with van der Waals surface area (Å²) in [6.07, 6.45) is 25.2. The molecule has 2 heterocycles. The highest BCUT2D eigenvalue weighted by molar-refractivity contribution is 5.96. The first-order valence-corrected chi connectivity index (χ1v) is 13.6. The van der Waals surface area contributed by atoms with E-state index in [2.05, 4.69) is 33.4 Å². The van der Waals surface area contributed by atoms with E-state index in [1.54, 1.807) is 12.4 Å². The van der Waals surface area contributed by atoms with Crippen molar-refractivity contribution in [1.29, 1.82) is 0 Å². The maximum Gasteiger partial charge on any atom is 0.183 e. The molecule has 0 amide bonds. The van der Waals surface area contributed by atoms with Gasteiger partial charge in [-0.15, -0.1) is 0 Å². The summed E-state index contributed by atoms with van der Waals surface area (Å²) < 4.78 is 6.02. The Bertz CT molecular complexity index is 1090. The minimum Gasteiger partial charge on any atom is -0.624 e. The van der Waals surface area contributed by atoms with Crippen LogP contribution in [0.5, 0.6) is 0 Å².